The number of hydrogen-bond acceptors (Lipinski definition) is 3. The van der Waals surface area contributed by atoms with Gasteiger partial charge in [-0.05, 0) is 29.8 Å². The smallest absolute Gasteiger partial charge is 0.0948 e. The molecule has 1 saturated heterocycles. The summed E-state index contributed by atoms with van der Waals surface area (Å²) in [6.45, 7) is 1.98. The summed E-state index contributed by atoms with van der Waals surface area (Å²) in [5, 5.41) is 5.42. The highest BCUT2D eigenvalue weighted by Crippen LogP contribution is 2.35. The van der Waals surface area contributed by atoms with E-state index in [0.29, 0.717) is 0 Å². The lowest BCUT2D eigenvalue weighted by molar-refractivity contribution is 0.274. The molecule has 1 aliphatic heterocycles. The highest BCUT2D eigenvalue weighted by Gasteiger charge is 2.39. The Morgan fingerprint density at radius 3 is 2.71 bits per heavy atom. The van der Waals surface area contributed by atoms with Crippen molar-refractivity contribution in [1.82, 2.24) is 10.3 Å². The van der Waals surface area contributed by atoms with Crippen molar-refractivity contribution < 1.29 is 0 Å². The van der Waals surface area contributed by atoms with Crippen molar-refractivity contribution in [3.8, 4) is 0 Å². The molecule has 0 radical (unpaired) electrons. The number of nitrogens with zero attached hydrogens (tertiary/aromatic N) is 1. The van der Waals surface area contributed by atoms with Gasteiger partial charge in [0.05, 0.1) is 15.2 Å². The molecule has 0 aliphatic carbocycles. The van der Waals surface area contributed by atoms with Crippen LogP contribution in [0.1, 0.15) is 10.6 Å². The summed E-state index contributed by atoms with van der Waals surface area (Å²) in [4.78, 5) is 4.79. The van der Waals surface area contributed by atoms with Crippen molar-refractivity contribution in [2.75, 3.05) is 13.1 Å². The minimum atomic E-state index is 0.138. The van der Waals surface area contributed by atoms with Crippen LogP contribution < -0.4 is 5.32 Å². The molecule has 0 bridgehead atoms. The largest absolute Gasteiger partial charge is 0.315 e. The van der Waals surface area contributed by atoms with E-state index in [-0.39, 0.29) is 5.41 Å². The van der Waals surface area contributed by atoms with E-state index in [0.717, 1.165) is 30.0 Å². The van der Waals surface area contributed by atoms with Gasteiger partial charge in [0.15, 0.2) is 0 Å². The highest BCUT2D eigenvalue weighted by molar-refractivity contribution is 7.18. The van der Waals surface area contributed by atoms with E-state index in [1.54, 1.807) is 11.3 Å². The first-order valence-electron chi connectivity index (χ1n) is 7.06. The molecular weight excluding hydrogens is 300 g/mol. The Morgan fingerprint density at radius 1 is 1.14 bits per heavy atom. The maximum absolute atomic E-state index is 6.17. The lowest BCUT2D eigenvalue weighted by Gasteiger charge is -2.43. The van der Waals surface area contributed by atoms with Gasteiger partial charge in [-0.25, -0.2) is 4.98 Å². The third kappa shape index (κ3) is 2.35. The summed E-state index contributed by atoms with van der Waals surface area (Å²) in [5.74, 6) is 0. The Kier molecular flexibility index (Phi) is 3.21. The first-order chi connectivity index (χ1) is 10.3. The second-order valence-corrected chi connectivity index (χ2v) is 7.20. The van der Waals surface area contributed by atoms with Crippen molar-refractivity contribution in [3.63, 3.8) is 0 Å². The molecule has 106 valence electrons. The van der Waals surface area contributed by atoms with Gasteiger partial charge >= 0.3 is 0 Å². The molecule has 2 heterocycles. The van der Waals surface area contributed by atoms with Gasteiger partial charge in [0.1, 0.15) is 0 Å². The minimum Gasteiger partial charge on any atom is -0.315 e. The summed E-state index contributed by atoms with van der Waals surface area (Å²) >= 11 is 7.97. The molecule has 2 nitrogen and oxygen atoms in total. The van der Waals surface area contributed by atoms with Gasteiger partial charge in [-0.3, -0.25) is 0 Å². The zero-order valence-electron chi connectivity index (χ0n) is 11.5. The first kappa shape index (κ1) is 13.3. The van der Waals surface area contributed by atoms with Crippen LogP contribution in [-0.4, -0.2) is 18.1 Å². The predicted octanol–water partition coefficient (Wildman–Crippen LogP) is 4.03. The number of hydrogen-bond donors (Lipinski definition) is 1. The molecule has 0 spiro atoms. The van der Waals surface area contributed by atoms with E-state index in [4.69, 9.17) is 16.6 Å². The van der Waals surface area contributed by atoms with E-state index < -0.39 is 0 Å². The molecule has 4 heteroatoms. The molecule has 0 amide bonds. The number of rotatable bonds is 3. The molecule has 0 saturated carbocycles. The van der Waals surface area contributed by atoms with Crippen LogP contribution in [-0.2, 0) is 11.8 Å². The number of benzene rings is 2. The number of aromatic nitrogens is 1. The van der Waals surface area contributed by atoms with Crippen LogP contribution in [0.3, 0.4) is 0 Å². The van der Waals surface area contributed by atoms with E-state index >= 15 is 0 Å². The van der Waals surface area contributed by atoms with Crippen LogP contribution in [0.4, 0.5) is 0 Å². The fourth-order valence-electron chi connectivity index (χ4n) is 2.96. The third-order valence-corrected chi connectivity index (χ3v) is 5.46. The van der Waals surface area contributed by atoms with Gasteiger partial charge in [-0.1, -0.05) is 35.9 Å². The van der Waals surface area contributed by atoms with Gasteiger partial charge in [-0.2, -0.15) is 0 Å². The molecule has 1 aliphatic rings. The third-order valence-electron chi connectivity index (χ3n) is 4.19. The average Bonchev–Trinajstić information content (AvgIpc) is 2.85. The Labute approximate surface area is 132 Å². The van der Waals surface area contributed by atoms with Gasteiger partial charge in [0, 0.05) is 29.9 Å². The lowest BCUT2D eigenvalue weighted by atomic mass is 9.73. The summed E-state index contributed by atoms with van der Waals surface area (Å²) < 4.78 is 1.26. The Morgan fingerprint density at radius 2 is 2.00 bits per heavy atom. The Bertz CT molecular complexity index is 759. The monoisotopic (exact) mass is 314 g/mol. The summed E-state index contributed by atoms with van der Waals surface area (Å²) in [7, 11) is 0. The fraction of sp³-hybridized carbons (Fsp3) is 0.235. The van der Waals surface area contributed by atoms with Crippen molar-refractivity contribution in [2.45, 2.75) is 11.8 Å². The number of halogens is 1. The van der Waals surface area contributed by atoms with E-state index in [2.05, 4.69) is 35.6 Å². The standard InChI is InChI=1S/C17H15ClN2S/c18-13-5-3-4-12(8-13)17(10-19-11-17)9-16-20-14-6-1-2-7-15(14)21-16/h1-8,19H,9-11H2. The van der Waals surface area contributed by atoms with Crippen LogP contribution in [0.25, 0.3) is 10.2 Å². The molecular formula is C17H15ClN2S. The minimum absolute atomic E-state index is 0.138. The molecule has 21 heavy (non-hydrogen) atoms. The van der Waals surface area contributed by atoms with Crippen molar-refractivity contribution >= 4 is 33.2 Å². The van der Waals surface area contributed by atoms with Crippen LogP contribution >= 0.6 is 22.9 Å². The van der Waals surface area contributed by atoms with Gasteiger partial charge < -0.3 is 5.32 Å². The number of fused-ring (bicyclic) bond motifs is 1. The molecule has 1 N–H and O–H groups in total. The molecule has 3 aromatic rings. The van der Waals surface area contributed by atoms with Crippen LogP contribution in [0, 0.1) is 0 Å². The second-order valence-electron chi connectivity index (χ2n) is 5.65. The normalized spacial score (nSPS) is 16.8. The SMILES string of the molecule is Clc1cccc(C2(Cc3nc4ccccc4s3)CNC2)c1. The van der Waals surface area contributed by atoms with Crippen molar-refractivity contribution in [2.24, 2.45) is 0 Å². The molecule has 0 unspecified atom stereocenters. The topological polar surface area (TPSA) is 24.9 Å². The fourth-order valence-corrected chi connectivity index (χ4v) is 4.26. The van der Waals surface area contributed by atoms with Gasteiger partial charge in [0.2, 0.25) is 0 Å². The first-order valence-corrected chi connectivity index (χ1v) is 8.26. The van der Waals surface area contributed by atoms with Gasteiger partial charge in [0.25, 0.3) is 0 Å². The molecule has 2 aromatic carbocycles. The molecule has 4 rings (SSSR count). The number of para-hydroxylation sites is 1. The average molecular weight is 315 g/mol. The Hall–Kier alpha value is -1.42. The van der Waals surface area contributed by atoms with Crippen LogP contribution in [0.2, 0.25) is 5.02 Å². The molecule has 0 atom stereocenters. The predicted molar refractivity (Wildman–Crippen MR) is 89.3 cm³/mol. The quantitative estimate of drug-likeness (QED) is 0.789. The number of nitrogens with one attached hydrogen (secondary N) is 1. The van der Waals surface area contributed by atoms with Crippen LogP contribution in [0.5, 0.6) is 0 Å². The summed E-state index contributed by atoms with van der Waals surface area (Å²) in [6.07, 6.45) is 0.972. The zero-order chi connectivity index (χ0) is 14.3. The second kappa shape index (κ2) is 5.09. The van der Waals surface area contributed by atoms with E-state index in [1.807, 2.05) is 18.2 Å². The zero-order valence-corrected chi connectivity index (χ0v) is 13.0. The summed E-state index contributed by atoms with van der Waals surface area (Å²) in [6, 6.07) is 16.6. The van der Waals surface area contributed by atoms with Gasteiger partial charge in [-0.15, -0.1) is 11.3 Å². The van der Waals surface area contributed by atoms with Crippen LogP contribution in [0.15, 0.2) is 48.5 Å². The number of thiazole rings is 1. The van der Waals surface area contributed by atoms with Crippen molar-refractivity contribution in [1.29, 1.82) is 0 Å². The lowest BCUT2D eigenvalue weighted by Crippen LogP contribution is -2.58. The Balaban J connectivity index is 1.70. The molecule has 1 aromatic heterocycles. The van der Waals surface area contributed by atoms with E-state index in [1.165, 1.54) is 15.3 Å². The summed E-state index contributed by atoms with van der Waals surface area (Å²) in [5.41, 5.74) is 2.55. The maximum atomic E-state index is 6.17. The highest BCUT2D eigenvalue weighted by atomic mass is 35.5. The van der Waals surface area contributed by atoms with Crippen molar-refractivity contribution in [3.05, 3.63) is 64.1 Å². The maximum Gasteiger partial charge on any atom is 0.0948 e. The van der Waals surface area contributed by atoms with E-state index in [9.17, 15) is 0 Å². The molecule has 1 fully saturated rings.